The highest BCUT2D eigenvalue weighted by molar-refractivity contribution is 4.90. The van der Waals surface area contributed by atoms with Gasteiger partial charge in [0.2, 0.25) is 0 Å². The average molecular weight is 454 g/mol. The van der Waals surface area contributed by atoms with Gasteiger partial charge in [-0.05, 0) is 125 Å². The van der Waals surface area contributed by atoms with Crippen LogP contribution in [-0.4, -0.2) is 90.5 Å². The van der Waals surface area contributed by atoms with Crippen molar-refractivity contribution in [1.29, 1.82) is 0 Å². The fourth-order valence-electron chi connectivity index (χ4n) is 5.90. The molecule has 0 radical (unpaired) electrons. The molecule has 0 aliphatic carbocycles. The second kappa shape index (κ2) is 11.0. The Morgan fingerprint density at radius 2 is 1.34 bits per heavy atom. The molecular weight excluding hydrogens is 401 g/mol. The van der Waals surface area contributed by atoms with Crippen LogP contribution in [0.5, 0.6) is 0 Å². The highest BCUT2D eigenvalue weighted by Crippen LogP contribution is 2.36. The third-order valence-electron chi connectivity index (χ3n) is 8.14. The number of ether oxygens (including phenoxy) is 1. The lowest BCUT2D eigenvalue weighted by Crippen LogP contribution is -2.48. The summed E-state index contributed by atoms with van der Waals surface area (Å²) in [5.74, 6) is 1.43. The molecule has 0 aromatic heterocycles. The normalized spacial score (nSPS) is 26.0. The van der Waals surface area contributed by atoms with E-state index in [1.165, 1.54) is 58.4 Å². The largest absolute Gasteiger partial charge is 0.375 e. The van der Waals surface area contributed by atoms with Crippen LogP contribution in [0.4, 0.5) is 4.39 Å². The quantitative estimate of drug-likeness (QED) is 0.526. The number of piperidine rings is 3. The highest BCUT2D eigenvalue weighted by atomic mass is 19.1. The fraction of sp³-hybridized carbons (Fsp3) is 1.00. The third kappa shape index (κ3) is 8.52. The monoisotopic (exact) mass is 453 g/mol. The Morgan fingerprint density at radius 3 is 1.88 bits per heavy atom. The Labute approximate surface area is 198 Å². The summed E-state index contributed by atoms with van der Waals surface area (Å²) in [6.45, 7) is 22.8. The SMILES string of the molecule is CC(C)(C)OCCN1CCC(F)(CC2CCN(CC3CCN(C(C)(C)C)CC3)CC2)CC1. The Morgan fingerprint density at radius 1 is 0.781 bits per heavy atom. The van der Waals surface area contributed by atoms with Crippen molar-refractivity contribution in [2.24, 2.45) is 11.8 Å². The minimum Gasteiger partial charge on any atom is -0.375 e. The van der Waals surface area contributed by atoms with Crippen LogP contribution < -0.4 is 0 Å². The summed E-state index contributed by atoms with van der Waals surface area (Å²) in [6, 6.07) is 0. The Hall–Kier alpha value is -0.230. The summed E-state index contributed by atoms with van der Waals surface area (Å²) in [7, 11) is 0. The molecule has 3 aliphatic heterocycles. The van der Waals surface area contributed by atoms with Crippen LogP contribution in [0.3, 0.4) is 0 Å². The molecule has 3 fully saturated rings. The van der Waals surface area contributed by atoms with E-state index in [0.717, 1.165) is 38.6 Å². The summed E-state index contributed by atoms with van der Waals surface area (Å²) in [5, 5.41) is 0. The van der Waals surface area contributed by atoms with Crippen molar-refractivity contribution >= 4 is 0 Å². The molecule has 5 heteroatoms. The molecule has 0 bridgehead atoms. The first-order valence-corrected chi connectivity index (χ1v) is 13.4. The van der Waals surface area contributed by atoms with E-state index in [0.29, 0.717) is 24.3 Å². The van der Waals surface area contributed by atoms with Crippen LogP contribution in [0.2, 0.25) is 0 Å². The molecule has 188 valence electrons. The molecule has 4 nitrogen and oxygen atoms in total. The molecule has 0 amide bonds. The Bertz CT molecular complexity index is 546. The second-order valence-corrected chi connectivity index (χ2v) is 13.0. The van der Waals surface area contributed by atoms with Gasteiger partial charge >= 0.3 is 0 Å². The number of alkyl halides is 1. The zero-order chi connectivity index (χ0) is 23.4. The van der Waals surface area contributed by atoms with Gasteiger partial charge in [0.1, 0.15) is 5.67 Å². The number of hydrogen-bond donors (Lipinski definition) is 0. The zero-order valence-corrected chi connectivity index (χ0v) is 22.1. The van der Waals surface area contributed by atoms with Crippen LogP contribution >= 0.6 is 0 Å². The third-order valence-corrected chi connectivity index (χ3v) is 8.14. The van der Waals surface area contributed by atoms with E-state index in [4.69, 9.17) is 4.74 Å². The first-order valence-electron chi connectivity index (χ1n) is 13.4. The first kappa shape index (κ1) is 26.4. The maximum Gasteiger partial charge on any atom is 0.113 e. The molecule has 3 heterocycles. The van der Waals surface area contributed by atoms with Gasteiger partial charge in [-0.2, -0.15) is 0 Å². The van der Waals surface area contributed by atoms with Gasteiger partial charge in [-0.1, -0.05) is 0 Å². The number of halogens is 1. The molecule has 0 aromatic rings. The maximum absolute atomic E-state index is 15.6. The van der Waals surface area contributed by atoms with Gasteiger partial charge in [0.25, 0.3) is 0 Å². The van der Waals surface area contributed by atoms with Crippen molar-refractivity contribution in [2.75, 3.05) is 59.0 Å². The minimum atomic E-state index is -0.937. The minimum absolute atomic E-state index is 0.0851. The smallest absolute Gasteiger partial charge is 0.113 e. The molecule has 0 aromatic carbocycles. The maximum atomic E-state index is 15.6. The van der Waals surface area contributed by atoms with Gasteiger partial charge in [-0.25, -0.2) is 4.39 Å². The number of likely N-dealkylation sites (tertiary alicyclic amines) is 3. The van der Waals surface area contributed by atoms with Crippen molar-refractivity contribution in [3.8, 4) is 0 Å². The summed E-state index contributed by atoms with van der Waals surface area (Å²) in [6.07, 6.45) is 7.25. The van der Waals surface area contributed by atoms with Gasteiger partial charge < -0.3 is 14.5 Å². The second-order valence-electron chi connectivity index (χ2n) is 13.0. The predicted molar refractivity (Wildman–Crippen MR) is 133 cm³/mol. The van der Waals surface area contributed by atoms with Crippen LogP contribution in [-0.2, 0) is 4.74 Å². The molecule has 32 heavy (non-hydrogen) atoms. The number of rotatable bonds is 7. The lowest BCUT2D eigenvalue weighted by molar-refractivity contribution is -0.0271. The lowest BCUT2D eigenvalue weighted by atomic mass is 9.80. The molecule has 0 saturated carbocycles. The fourth-order valence-corrected chi connectivity index (χ4v) is 5.90. The summed E-state index contributed by atoms with van der Waals surface area (Å²) in [4.78, 5) is 7.70. The molecule has 0 atom stereocenters. The first-order chi connectivity index (χ1) is 14.9. The lowest BCUT2D eigenvalue weighted by Gasteiger charge is -2.43. The topological polar surface area (TPSA) is 19.0 Å². The highest BCUT2D eigenvalue weighted by Gasteiger charge is 2.37. The van der Waals surface area contributed by atoms with E-state index in [1.54, 1.807) is 0 Å². The zero-order valence-electron chi connectivity index (χ0n) is 22.1. The van der Waals surface area contributed by atoms with Gasteiger partial charge in [0, 0.05) is 31.7 Å². The molecule has 0 spiro atoms. The van der Waals surface area contributed by atoms with Gasteiger partial charge in [0.15, 0.2) is 0 Å². The molecular formula is C27H52FN3O. The summed E-state index contributed by atoms with van der Waals surface area (Å²) >= 11 is 0. The van der Waals surface area contributed by atoms with Crippen molar-refractivity contribution in [3.05, 3.63) is 0 Å². The van der Waals surface area contributed by atoms with Crippen molar-refractivity contribution in [2.45, 2.75) is 103 Å². The van der Waals surface area contributed by atoms with E-state index in [2.05, 4.69) is 56.2 Å². The Kier molecular flexibility index (Phi) is 9.07. The Balaban J connectivity index is 1.31. The van der Waals surface area contributed by atoms with E-state index in [9.17, 15) is 0 Å². The molecule has 3 rings (SSSR count). The molecule has 0 N–H and O–H groups in total. The van der Waals surface area contributed by atoms with Crippen LogP contribution in [0.1, 0.15) is 86.5 Å². The summed E-state index contributed by atoms with van der Waals surface area (Å²) in [5.41, 5.74) is -0.714. The average Bonchev–Trinajstić information content (AvgIpc) is 2.70. The van der Waals surface area contributed by atoms with Crippen molar-refractivity contribution in [3.63, 3.8) is 0 Å². The van der Waals surface area contributed by atoms with Gasteiger partial charge in [-0.15, -0.1) is 0 Å². The van der Waals surface area contributed by atoms with Crippen molar-refractivity contribution < 1.29 is 9.13 Å². The van der Waals surface area contributed by atoms with Gasteiger partial charge in [0.05, 0.1) is 12.2 Å². The van der Waals surface area contributed by atoms with E-state index < -0.39 is 5.67 Å². The van der Waals surface area contributed by atoms with E-state index in [1.807, 2.05) is 0 Å². The molecule has 3 aliphatic rings. The summed E-state index contributed by atoms with van der Waals surface area (Å²) < 4.78 is 21.4. The number of nitrogens with zero attached hydrogens (tertiary/aromatic N) is 3. The molecule has 3 saturated heterocycles. The van der Waals surface area contributed by atoms with Crippen molar-refractivity contribution in [1.82, 2.24) is 14.7 Å². The molecule has 0 unspecified atom stereocenters. The van der Waals surface area contributed by atoms with E-state index >= 15 is 4.39 Å². The number of hydrogen-bond acceptors (Lipinski definition) is 4. The standard InChI is InChI=1S/C27H52FN3O/c1-25(2,3)31-15-9-24(10-16-31)22-30-13-7-23(8-14-30)21-27(28)11-17-29(18-12-27)19-20-32-26(4,5)6/h23-24H,7-22H2,1-6H3. The van der Waals surface area contributed by atoms with Crippen LogP contribution in [0, 0.1) is 11.8 Å². The van der Waals surface area contributed by atoms with E-state index in [-0.39, 0.29) is 5.60 Å². The van der Waals surface area contributed by atoms with Crippen LogP contribution in [0.25, 0.3) is 0 Å². The van der Waals surface area contributed by atoms with Gasteiger partial charge in [-0.3, -0.25) is 4.90 Å². The predicted octanol–water partition coefficient (Wildman–Crippen LogP) is 5.22. The van der Waals surface area contributed by atoms with Crippen LogP contribution in [0.15, 0.2) is 0 Å².